The van der Waals surface area contributed by atoms with Crippen LogP contribution < -0.4 is 5.32 Å². The first kappa shape index (κ1) is 23.6. The molecule has 0 atom stereocenters. The first-order valence-electron chi connectivity index (χ1n) is 11.2. The maximum absolute atomic E-state index is 12.0. The zero-order valence-electron chi connectivity index (χ0n) is 20.3. The molecule has 10 heteroatoms. The van der Waals surface area contributed by atoms with Crippen molar-refractivity contribution < 1.29 is 9.53 Å². The molecule has 1 N–H and O–H groups in total. The minimum Gasteiger partial charge on any atom is -0.466 e. The summed E-state index contributed by atoms with van der Waals surface area (Å²) in [5.74, 6) is 0.876. The van der Waals surface area contributed by atoms with E-state index in [-0.39, 0.29) is 12.4 Å². The second-order valence-corrected chi connectivity index (χ2v) is 8.05. The fraction of sp³-hybridized carbons (Fsp3) is 0.280. The molecule has 0 aliphatic heterocycles. The van der Waals surface area contributed by atoms with Gasteiger partial charge in [0.05, 0.1) is 53.1 Å². The van der Waals surface area contributed by atoms with Gasteiger partial charge in [-0.2, -0.15) is 15.5 Å². The topological polar surface area (TPSA) is 124 Å². The molecule has 10 nitrogen and oxygen atoms in total. The number of nitriles is 1. The van der Waals surface area contributed by atoms with Crippen molar-refractivity contribution in [1.29, 1.82) is 5.26 Å². The second kappa shape index (κ2) is 9.77. The maximum Gasteiger partial charge on any atom is 0.310 e. The van der Waals surface area contributed by atoms with Gasteiger partial charge in [0, 0.05) is 17.3 Å². The molecule has 0 radical (unpaired) electrons. The Hall–Kier alpha value is -4.52. The number of rotatable bonds is 7. The van der Waals surface area contributed by atoms with Gasteiger partial charge < -0.3 is 10.1 Å². The predicted molar refractivity (Wildman–Crippen MR) is 130 cm³/mol. The van der Waals surface area contributed by atoms with Crippen molar-refractivity contribution in [3.63, 3.8) is 0 Å². The Morgan fingerprint density at radius 2 is 1.74 bits per heavy atom. The normalized spacial score (nSPS) is 10.7. The minimum absolute atomic E-state index is 0.161. The van der Waals surface area contributed by atoms with Crippen LogP contribution in [0.15, 0.2) is 36.7 Å². The molecule has 4 aromatic rings. The summed E-state index contributed by atoms with van der Waals surface area (Å²) in [6.07, 6.45) is 1.63. The number of hydrogen-bond donors (Lipinski definition) is 1. The molecule has 35 heavy (non-hydrogen) atoms. The van der Waals surface area contributed by atoms with Crippen molar-refractivity contribution in [2.24, 2.45) is 0 Å². The summed E-state index contributed by atoms with van der Waals surface area (Å²) in [6.45, 7) is 9.77. The van der Waals surface area contributed by atoms with Crippen LogP contribution in [0.3, 0.4) is 0 Å². The predicted octanol–water partition coefficient (Wildman–Crippen LogP) is 3.80. The van der Waals surface area contributed by atoms with E-state index in [9.17, 15) is 4.79 Å². The molecule has 3 heterocycles. The van der Waals surface area contributed by atoms with E-state index in [1.54, 1.807) is 29.8 Å². The van der Waals surface area contributed by atoms with Gasteiger partial charge in [-0.05, 0) is 58.9 Å². The Labute approximate surface area is 203 Å². The summed E-state index contributed by atoms with van der Waals surface area (Å²) in [5.41, 5.74) is 6.38. The monoisotopic (exact) mass is 470 g/mol. The summed E-state index contributed by atoms with van der Waals surface area (Å²) < 4.78 is 8.62. The lowest BCUT2D eigenvalue weighted by Crippen LogP contribution is -2.09. The zero-order valence-corrected chi connectivity index (χ0v) is 20.3. The number of hydrogen-bond acceptors (Lipinski definition) is 8. The highest BCUT2D eigenvalue weighted by Crippen LogP contribution is 2.27. The molecule has 0 aliphatic rings. The van der Waals surface area contributed by atoms with E-state index in [1.165, 1.54) is 6.33 Å². The van der Waals surface area contributed by atoms with Gasteiger partial charge in [-0.3, -0.25) is 4.79 Å². The molecule has 178 valence electrons. The van der Waals surface area contributed by atoms with Crippen molar-refractivity contribution in [2.75, 3.05) is 11.9 Å². The molecule has 0 spiro atoms. The van der Waals surface area contributed by atoms with Gasteiger partial charge in [0.2, 0.25) is 0 Å². The largest absolute Gasteiger partial charge is 0.466 e. The summed E-state index contributed by atoms with van der Waals surface area (Å²) in [6, 6.07) is 11.2. The number of nitrogens with one attached hydrogen (secondary N) is 1. The first-order chi connectivity index (χ1) is 16.8. The molecule has 0 amide bonds. The quantitative estimate of drug-likeness (QED) is 0.405. The molecule has 0 fully saturated rings. The molecule has 0 unspecified atom stereocenters. The third-order valence-corrected chi connectivity index (χ3v) is 5.72. The van der Waals surface area contributed by atoms with E-state index in [2.05, 4.69) is 31.6 Å². The fourth-order valence-corrected chi connectivity index (χ4v) is 3.92. The standard InChI is InChI=1S/C25H26N8O2/c1-6-35-24(34)11-21-15(2)30-33(17(21)4)23-12-22(27-14-28-23)29-25-16(3)31-32(18(25)5)20-9-7-19(13-26)8-10-20/h7-10,12,14H,6,11H2,1-5H3,(H,27,28,29). The molecule has 1 aromatic carbocycles. The number of esters is 1. The van der Waals surface area contributed by atoms with Gasteiger partial charge in [-0.1, -0.05) is 0 Å². The fourth-order valence-electron chi connectivity index (χ4n) is 3.92. The van der Waals surface area contributed by atoms with E-state index < -0.39 is 0 Å². The van der Waals surface area contributed by atoms with E-state index in [0.717, 1.165) is 39.7 Å². The summed E-state index contributed by atoms with van der Waals surface area (Å²) in [7, 11) is 0. The highest BCUT2D eigenvalue weighted by Gasteiger charge is 2.18. The Balaban J connectivity index is 1.62. The number of nitrogens with zero attached hydrogens (tertiary/aromatic N) is 7. The Kier molecular flexibility index (Phi) is 6.59. The second-order valence-electron chi connectivity index (χ2n) is 8.05. The van der Waals surface area contributed by atoms with E-state index >= 15 is 0 Å². The van der Waals surface area contributed by atoms with Gasteiger partial charge in [0.15, 0.2) is 5.82 Å². The van der Waals surface area contributed by atoms with Gasteiger partial charge in [0.25, 0.3) is 0 Å². The van der Waals surface area contributed by atoms with Crippen LogP contribution in [0.2, 0.25) is 0 Å². The van der Waals surface area contributed by atoms with Crippen molar-refractivity contribution >= 4 is 17.5 Å². The number of carbonyl (C=O) groups is 1. The smallest absolute Gasteiger partial charge is 0.310 e. The number of benzene rings is 1. The Bertz CT molecular complexity index is 1430. The van der Waals surface area contributed by atoms with Crippen LogP contribution in [0.4, 0.5) is 11.5 Å². The minimum atomic E-state index is -0.284. The highest BCUT2D eigenvalue weighted by atomic mass is 16.5. The van der Waals surface area contributed by atoms with Crippen molar-refractivity contribution in [3.8, 4) is 17.6 Å². The lowest BCUT2D eigenvalue weighted by atomic mass is 10.1. The van der Waals surface area contributed by atoms with E-state index in [0.29, 0.717) is 23.8 Å². The van der Waals surface area contributed by atoms with Crippen LogP contribution in [0.5, 0.6) is 0 Å². The molecule has 3 aromatic heterocycles. The average molecular weight is 471 g/mol. The van der Waals surface area contributed by atoms with Crippen LogP contribution in [0.25, 0.3) is 11.5 Å². The first-order valence-corrected chi connectivity index (χ1v) is 11.2. The molecular formula is C25H26N8O2. The lowest BCUT2D eigenvalue weighted by Gasteiger charge is -2.09. The third-order valence-electron chi connectivity index (χ3n) is 5.72. The van der Waals surface area contributed by atoms with Crippen molar-refractivity contribution in [3.05, 3.63) is 70.6 Å². The van der Waals surface area contributed by atoms with Gasteiger partial charge in [0.1, 0.15) is 12.1 Å². The number of ether oxygens (including phenoxy) is 1. The summed E-state index contributed by atoms with van der Waals surface area (Å²) >= 11 is 0. The SMILES string of the molecule is CCOC(=O)Cc1c(C)nn(-c2cc(Nc3c(C)nn(-c4ccc(C#N)cc4)c3C)ncn2)c1C. The average Bonchev–Trinajstić information content (AvgIpc) is 3.29. The molecular weight excluding hydrogens is 444 g/mol. The number of anilines is 2. The van der Waals surface area contributed by atoms with Gasteiger partial charge >= 0.3 is 5.97 Å². The van der Waals surface area contributed by atoms with Crippen LogP contribution >= 0.6 is 0 Å². The van der Waals surface area contributed by atoms with Crippen LogP contribution in [-0.4, -0.2) is 42.1 Å². The highest BCUT2D eigenvalue weighted by molar-refractivity contribution is 5.73. The van der Waals surface area contributed by atoms with Gasteiger partial charge in [-0.25, -0.2) is 19.3 Å². The number of aryl methyl sites for hydroxylation is 2. The molecule has 0 bridgehead atoms. The number of aromatic nitrogens is 6. The zero-order chi connectivity index (χ0) is 25.1. The van der Waals surface area contributed by atoms with E-state index in [1.807, 2.05) is 44.5 Å². The van der Waals surface area contributed by atoms with Crippen molar-refractivity contribution in [2.45, 2.75) is 41.0 Å². The van der Waals surface area contributed by atoms with Crippen molar-refractivity contribution in [1.82, 2.24) is 29.5 Å². The van der Waals surface area contributed by atoms with Crippen LogP contribution in [0, 0.1) is 39.0 Å². The maximum atomic E-state index is 12.0. The molecule has 0 saturated heterocycles. The molecule has 0 saturated carbocycles. The van der Waals surface area contributed by atoms with Gasteiger partial charge in [-0.15, -0.1) is 0 Å². The Morgan fingerprint density at radius 1 is 1.03 bits per heavy atom. The molecule has 4 rings (SSSR count). The lowest BCUT2D eigenvalue weighted by molar-refractivity contribution is -0.142. The Morgan fingerprint density at radius 3 is 2.43 bits per heavy atom. The summed E-state index contributed by atoms with van der Waals surface area (Å²) in [4.78, 5) is 20.8. The summed E-state index contributed by atoms with van der Waals surface area (Å²) in [5, 5.41) is 21.6. The molecule has 0 aliphatic carbocycles. The van der Waals surface area contributed by atoms with Crippen LogP contribution in [-0.2, 0) is 16.0 Å². The van der Waals surface area contributed by atoms with Crippen LogP contribution in [0.1, 0.15) is 40.8 Å². The van der Waals surface area contributed by atoms with E-state index in [4.69, 9.17) is 10.00 Å². The number of carbonyl (C=O) groups excluding carboxylic acids is 1. The third kappa shape index (κ3) is 4.75.